The van der Waals surface area contributed by atoms with Gasteiger partial charge in [-0.1, -0.05) is 26.0 Å². The third-order valence-corrected chi connectivity index (χ3v) is 5.47. The fourth-order valence-corrected chi connectivity index (χ4v) is 3.64. The SMILES string of the molecule is Cc1cc(OC2CCC(NC(=O)c3ccc(C(C)C)cc3)CC2)ccc1C#N. The van der Waals surface area contributed by atoms with E-state index >= 15 is 0 Å². The summed E-state index contributed by atoms with van der Waals surface area (Å²) in [5, 5.41) is 12.2. The van der Waals surface area contributed by atoms with Gasteiger partial charge < -0.3 is 10.1 Å². The summed E-state index contributed by atoms with van der Waals surface area (Å²) in [7, 11) is 0. The Labute approximate surface area is 167 Å². The number of nitrogens with zero attached hydrogens (tertiary/aromatic N) is 1. The second-order valence-corrected chi connectivity index (χ2v) is 7.93. The average Bonchev–Trinajstić information content (AvgIpc) is 2.69. The van der Waals surface area contributed by atoms with Crippen molar-refractivity contribution in [2.75, 3.05) is 0 Å². The predicted octanol–water partition coefficient (Wildman–Crippen LogP) is 5.11. The number of hydrogen-bond donors (Lipinski definition) is 1. The van der Waals surface area contributed by atoms with Crippen molar-refractivity contribution in [1.29, 1.82) is 5.26 Å². The number of nitrogens with one attached hydrogen (secondary N) is 1. The number of amides is 1. The minimum absolute atomic E-state index is 0.00221. The van der Waals surface area contributed by atoms with Crippen molar-refractivity contribution in [3.05, 3.63) is 64.7 Å². The number of aryl methyl sites for hydroxylation is 1. The Kier molecular flexibility index (Phi) is 6.36. The van der Waals surface area contributed by atoms with E-state index in [-0.39, 0.29) is 18.1 Å². The van der Waals surface area contributed by atoms with Crippen molar-refractivity contribution in [1.82, 2.24) is 5.32 Å². The number of benzene rings is 2. The molecule has 1 N–H and O–H groups in total. The zero-order valence-electron chi connectivity index (χ0n) is 16.9. The molecule has 4 nitrogen and oxygen atoms in total. The van der Waals surface area contributed by atoms with Crippen LogP contribution >= 0.6 is 0 Å². The van der Waals surface area contributed by atoms with Crippen LogP contribution in [0.2, 0.25) is 0 Å². The van der Waals surface area contributed by atoms with Crippen LogP contribution in [0.5, 0.6) is 5.75 Å². The van der Waals surface area contributed by atoms with Crippen LogP contribution in [0.4, 0.5) is 0 Å². The van der Waals surface area contributed by atoms with Crippen LogP contribution in [0, 0.1) is 18.3 Å². The number of rotatable bonds is 5. The molecule has 1 fully saturated rings. The van der Waals surface area contributed by atoms with Crippen molar-refractivity contribution in [3.63, 3.8) is 0 Å². The molecule has 1 saturated carbocycles. The van der Waals surface area contributed by atoms with Crippen molar-refractivity contribution in [2.45, 2.75) is 64.5 Å². The normalized spacial score (nSPS) is 19.1. The molecule has 146 valence electrons. The van der Waals surface area contributed by atoms with E-state index in [1.54, 1.807) is 6.07 Å². The van der Waals surface area contributed by atoms with E-state index in [1.165, 1.54) is 5.56 Å². The topological polar surface area (TPSA) is 62.1 Å². The predicted molar refractivity (Wildman–Crippen MR) is 111 cm³/mol. The first-order chi connectivity index (χ1) is 13.5. The maximum absolute atomic E-state index is 12.5. The zero-order chi connectivity index (χ0) is 20.1. The smallest absolute Gasteiger partial charge is 0.251 e. The highest BCUT2D eigenvalue weighted by molar-refractivity contribution is 5.94. The van der Waals surface area contributed by atoms with E-state index in [1.807, 2.05) is 43.3 Å². The lowest BCUT2D eigenvalue weighted by Crippen LogP contribution is -2.39. The molecule has 3 rings (SSSR count). The maximum Gasteiger partial charge on any atom is 0.251 e. The zero-order valence-corrected chi connectivity index (χ0v) is 16.9. The average molecular weight is 377 g/mol. The molecule has 1 aliphatic rings. The molecular weight excluding hydrogens is 348 g/mol. The van der Waals surface area contributed by atoms with Gasteiger partial charge in [-0.2, -0.15) is 5.26 Å². The molecule has 4 heteroatoms. The van der Waals surface area contributed by atoms with Gasteiger partial charge in [0.15, 0.2) is 0 Å². The monoisotopic (exact) mass is 376 g/mol. The maximum atomic E-state index is 12.5. The highest BCUT2D eigenvalue weighted by Crippen LogP contribution is 2.25. The molecule has 1 aliphatic carbocycles. The first-order valence-electron chi connectivity index (χ1n) is 10.0. The van der Waals surface area contributed by atoms with Crippen LogP contribution in [0.25, 0.3) is 0 Å². The number of carbonyl (C=O) groups excluding carboxylic acids is 1. The summed E-state index contributed by atoms with van der Waals surface area (Å²) in [4.78, 5) is 12.5. The second kappa shape index (κ2) is 8.93. The summed E-state index contributed by atoms with van der Waals surface area (Å²) < 4.78 is 6.09. The Morgan fingerprint density at radius 3 is 2.36 bits per heavy atom. The van der Waals surface area contributed by atoms with Gasteiger partial charge in [0.25, 0.3) is 5.91 Å². The van der Waals surface area contributed by atoms with E-state index < -0.39 is 0 Å². The van der Waals surface area contributed by atoms with Gasteiger partial charge in [0.2, 0.25) is 0 Å². The van der Waals surface area contributed by atoms with Gasteiger partial charge in [0.05, 0.1) is 17.7 Å². The Morgan fingerprint density at radius 2 is 1.79 bits per heavy atom. The summed E-state index contributed by atoms with van der Waals surface area (Å²) in [6.45, 7) is 6.22. The lowest BCUT2D eigenvalue weighted by molar-refractivity contribution is 0.0894. The molecule has 2 aromatic carbocycles. The van der Waals surface area contributed by atoms with Gasteiger partial charge in [-0.05, 0) is 80.0 Å². The second-order valence-electron chi connectivity index (χ2n) is 7.93. The van der Waals surface area contributed by atoms with Gasteiger partial charge in [0.1, 0.15) is 5.75 Å². The van der Waals surface area contributed by atoms with Crippen molar-refractivity contribution in [3.8, 4) is 11.8 Å². The molecule has 0 heterocycles. The highest BCUT2D eigenvalue weighted by atomic mass is 16.5. The van der Waals surface area contributed by atoms with E-state index in [0.717, 1.165) is 42.6 Å². The van der Waals surface area contributed by atoms with Gasteiger partial charge in [0, 0.05) is 11.6 Å². The lowest BCUT2D eigenvalue weighted by Gasteiger charge is -2.29. The van der Waals surface area contributed by atoms with Crippen molar-refractivity contribution >= 4 is 5.91 Å². The van der Waals surface area contributed by atoms with Crippen LogP contribution < -0.4 is 10.1 Å². The van der Waals surface area contributed by atoms with E-state index in [4.69, 9.17) is 10.00 Å². The van der Waals surface area contributed by atoms with Crippen LogP contribution in [-0.4, -0.2) is 18.1 Å². The molecule has 0 bridgehead atoms. The summed E-state index contributed by atoms with van der Waals surface area (Å²) in [6, 6.07) is 15.8. The third-order valence-electron chi connectivity index (χ3n) is 5.47. The molecule has 0 unspecified atom stereocenters. The number of carbonyl (C=O) groups is 1. The largest absolute Gasteiger partial charge is 0.490 e. The Morgan fingerprint density at radius 1 is 1.11 bits per heavy atom. The number of nitriles is 1. The Hall–Kier alpha value is -2.80. The number of ether oxygens (including phenoxy) is 1. The molecular formula is C24H28N2O2. The third kappa shape index (κ3) is 4.92. The first-order valence-corrected chi connectivity index (χ1v) is 10.0. The standard InChI is InChI=1S/C24H28N2O2/c1-16(2)18-4-6-19(7-5-18)24(27)26-21-9-12-22(13-10-21)28-23-11-8-20(15-25)17(3)14-23/h4-8,11,14,16,21-22H,9-10,12-13H2,1-3H3,(H,26,27). The molecule has 0 atom stereocenters. The fraction of sp³-hybridized carbons (Fsp3) is 0.417. The molecule has 0 saturated heterocycles. The number of hydrogen-bond acceptors (Lipinski definition) is 3. The van der Waals surface area contributed by atoms with E-state index in [2.05, 4.69) is 25.2 Å². The van der Waals surface area contributed by atoms with Crippen LogP contribution in [0.1, 0.15) is 72.5 Å². The molecule has 0 aromatic heterocycles. The molecule has 2 aromatic rings. The molecule has 28 heavy (non-hydrogen) atoms. The highest BCUT2D eigenvalue weighted by Gasteiger charge is 2.24. The van der Waals surface area contributed by atoms with Crippen molar-refractivity contribution < 1.29 is 9.53 Å². The van der Waals surface area contributed by atoms with Crippen LogP contribution in [-0.2, 0) is 0 Å². The van der Waals surface area contributed by atoms with Gasteiger partial charge in [-0.15, -0.1) is 0 Å². The molecule has 0 radical (unpaired) electrons. The van der Waals surface area contributed by atoms with Crippen LogP contribution in [0.3, 0.4) is 0 Å². The van der Waals surface area contributed by atoms with E-state index in [9.17, 15) is 4.79 Å². The van der Waals surface area contributed by atoms with Gasteiger partial charge in [-0.3, -0.25) is 4.79 Å². The summed E-state index contributed by atoms with van der Waals surface area (Å²) in [5.74, 6) is 1.28. The Balaban J connectivity index is 1.49. The molecule has 0 aliphatic heterocycles. The lowest BCUT2D eigenvalue weighted by atomic mass is 9.92. The van der Waals surface area contributed by atoms with Gasteiger partial charge in [-0.25, -0.2) is 0 Å². The first kappa shape index (κ1) is 19.9. The summed E-state index contributed by atoms with van der Waals surface area (Å²) in [5.41, 5.74) is 3.58. The fourth-order valence-electron chi connectivity index (χ4n) is 3.64. The Bertz CT molecular complexity index is 857. The minimum Gasteiger partial charge on any atom is -0.490 e. The van der Waals surface area contributed by atoms with Crippen molar-refractivity contribution in [2.24, 2.45) is 0 Å². The molecule has 0 spiro atoms. The molecule has 1 amide bonds. The summed E-state index contributed by atoms with van der Waals surface area (Å²) in [6.07, 6.45) is 3.81. The van der Waals surface area contributed by atoms with E-state index in [0.29, 0.717) is 11.5 Å². The van der Waals surface area contributed by atoms with Gasteiger partial charge >= 0.3 is 0 Å². The minimum atomic E-state index is 0.00221. The summed E-state index contributed by atoms with van der Waals surface area (Å²) >= 11 is 0. The quantitative estimate of drug-likeness (QED) is 0.789. The van der Waals surface area contributed by atoms with Crippen LogP contribution in [0.15, 0.2) is 42.5 Å².